The average Bonchev–Trinajstić information content (AvgIpc) is 2.65. The van der Waals surface area contributed by atoms with Gasteiger partial charge in [-0.1, -0.05) is 0 Å². The van der Waals surface area contributed by atoms with Crippen molar-refractivity contribution in [1.29, 1.82) is 0 Å². The highest BCUT2D eigenvalue weighted by molar-refractivity contribution is 7.99. The third kappa shape index (κ3) is 2.23. The predicted molar refractivity (Wildman–Crippen MR) is 60.7 cm³/mol. The molecule has 0 aliphatic carbocycles. The summed E-state index contributed by atoms with van der Waals surface area (Å²) < 4.78 is 4.07. The van der Waals surface area contributed by atoms with Crippen LogP contribution in [0.1, 0.15) is 5.82 Å². The summed E-state index contributed by atoms with van der Waals surface area (Å²) in [5.41, 5.74) is 0. The Labute approximate surface area is 95.7 Å². The van der Waals surface area contributed by atoms with Crippen molar-refractivity contribution in [1.82, 2.24) is 9.36 Å². The predicted octanol–water partition coefficient (Wildman–Crippen LogP) is 0.853. The standard InChI is InChI=1S/C8H11N3O2S2/c1-5-9-8(15-10-5)11-2-3-14-4-6(11)7(12)13/h6H,2-4H2,1H3,(H,12,13). The molecule has 1 unspecified atom stereocenters. The number of carbonyl (C=O) groups is 1. The highest BCUT2D eigenvalue weighted by atomic mass is 32.2. The molecule has 0 amide bonds. The van der Waals surface area contributed by atoms with Crippen molar-refractivity contribution in [3.8, 4) is 0 Å². The Morgan fingerprint density at radius 3 is 3.07 bits per heavy atom. The van der Waals surface area contributed by atoms with Gasteiger partial charge < -0.3 is 10.0 Å². The van der Waals surface area contributed by atoms with Gasteiger partial charge in [0, 0.05) is 29.6 Å². The quantitative estimate of drug-likeness (QED) is 0.833. The van der Waals surface area contributed by atoms with Gasteiger partial charge in [0.1, 0.15) is 11.9 Å². The molecule has 1 aromatic rings. The van der Waals surface area contributed by atoms with Crippen molar-refractivity contribution in [3.63, 3.8) is 0 Å². The number of anilines is 1. The number of aliphatic carboxylic acids is 1. The molecule has 0 spiro atoms. The lowest BCUT2D eigenvalue weighted by Gasteiger charge is -2.31. The summed E-state index contributed by atoms with van der Waals surface area (Å²) in [6.07, 6.45) is 0. The average molecular weight is 245 g/mol. The van der Waals surface area contributed by atoms with E-state index in [1.807, 2.05) is 11.8 Å². The van der Waals surface area contributed by atoms with Crippen LogP contribution in [-0.2, 0) is 4.79 Å². The summed E-state index contributed by atoms with van der Waals surface area (Å²) >= 11 is 2.94. The maximum absolute atomic E-state index is 11.0. The largest absolute Gasteiger partial charge is 0.480 e. The number of hydrogen-bond acceptors (Lipinski definition) is 6. The van der Waals surface area contributed by atoms with Crippen LogP contribution in [-0.4, -0.2) is 44.5 Å². The number of rotatable bonds is 2. The minimum absolute atomic E-state index is 0.462. The van der Waals surface area contributed by atoms with E-state index in [1.54, 1.807) is 11.8 Å². The van der Waals surface area contributed by atoms with Crippen molar-refractivity contribution in [2.45, 2.75) is 13.0 Å². The number of hydrogen-bond donors (Lipinski definition) is 1. The lowest BCUT2D eigenvalue weighted by Crippen LogP contribution is -2.47. The van der Waals surface area contributed by atoms with E-state index in [0.29, 0.717) is 11.6 Å². The second-order valence-electron chi connectivity index (χ2n) is 3.25. The van der Waals surface area contributed by atoms with Gasteiger partial charge in [0.05, 0.1) is 0 Å². The maximum atomic E-state index is 11.0. The first kappa shape index (κ1) is 10.7. The normalized spacial score (nSPS) is 21.7. The topological polar surface area (TPSA) is 66.3 Å². The minimum atomic E-state index is -0.782. The second kappa shape index (κ2) is 4.36. The van der Waals surface area contributed by atoms with Crippen molar-refractivity contribution in [2.75, 3.05) is 23.0 Å². The number of aryl methyl sites for hydroxylation is 1. The van der Waals surface area contributed by atoms with E-state index in [0.717, 1.165) is 17.4 Å². The van der Waals surface area contributed by atoms with E-state index < -0.39 is 12.0 Å². The summed E-state index contributed by atoms with van der Waals surface area (Å²) in [5.74, 6) is 1.49. The molecule has 0 bridgehead atoms. The smallest absolute Gasteiger partial charge is 0.327 e. The highest BCUT2D eigenvalue weighted by Gasteiger charge is 2.30. The molecule has 15 heavy (non-hydrogen) atoms. The van der Waals surface area contributed by atoms with Crippen molar-refractivity contribution in [2.24, 2.45) is 0 Å². The van der Waals surface area contributed by atoms with Crippen LogP contribution in [0.4, 0.5) is 5.13 Å². The molecule has 2 rings (SSSR count). The zero-order valence-electron chi connectivity index (χ0n) is 8.21. The molecular weight excluding hydrogens is 234 g/mol. The van der Waals surface area contributed by atoms with Crippen molar-refractivity contribution in [3.05, 3.63) is 5.82 Å². The van der Waals surface area contributed by atoms with E-state index >= 15 is 0 Å². The molecule has 1 saturated heterocycles. The molecule has 1 aromatic heterocycles. The Morgan fingerprint density at radius 2 is 2.47 bits per heavy atom. The Hall–Kier alpha value is -0.820. The fourth-order valence-electron chi connectivity index (χ4n) is 1.44. The van der Waals surface area contributed by atoms with E-state index in [-0.39, 0.29) is 0 Å². The molecule has 82 valence electrons. The minimum Gasteiger partial charge on any atom is -0.480 e. The number of aromatic nitrogens is 2. The van der Waals surface area contributed by atoms with Crippen molar-refractivity contribution >= 4 is 34.4 Å². The second-order valence-corrected chi connectivity index (χ2v) is 5.13. The molecule has 1 fully saturated rings. The Balaban J connectivity index is 2.21. The van der Waals surface area contributed by atoms with Crippen LogP contribution in [0.15, 0.2) is 0 Å². The Bertz CT molecular complexity index is 369. The molecule has 0 aromatic carbocycles. The zero-order chi connectivity index (χ0) is 10.8. The summed E-state index contributed by atoms with van der Waals surface area (Å²) in [5, 5.41) is 9.80. The van der Waals surface area contributed by atoms with Crippen LogP contribution >= 0.6 is 23.3 Å². The van der Waals surface area contributed by atoms with Gasteiger partial charge in [-0.25, -0.2) is 9.78 Å². The Kier molecular flexibility index (Phi) is 3.11. The van der Waals surface area contributed by atoms with E-state index in [1.165, 1.54) is 11.5 Å². The molecule has 1 aliphatic heterocycles. The lowest BCUT2D eigenvalue weighted by molar-refractivity contribution is -0.138. The maximum Gasteiger partial charge on any atom is 0.327 e. The number of carboxylic acid groups (broad SMARTS) is 1. The molecule has 1 aliphatic rings. The third-order valence-corrected chi connectivity index (χ3v) is 4.04. The van der Waals surface area contributed by atoms with Crippen LogP contribution in [0.25, 0.3) is 0 Å². The summed E-state index contributed by atoms with van der Waals surface area (Å²) in [6.45, 7) is 2.55. The van der Waals surface area contributed by atoms with Gasteiger partial charge in [-0.3, -0.25) is 0 Å². The van der Waals surface area contributed by atoms with Crippen LogP contribution in [0.5, 0.6) is 0 Å². The monoisotopic (exact) mass is 245 g/mol. The highest BCUT2D eigenvalue weighted by Crippen LogP contribution is 2.25. The van der Waals surface area contributed by atoms with Crippen molar-refractivity contribution < 1.29 is 9.90 Å². The molecule has 0 saturated carbocycles. The van der Waals surface area contributed by atoms with E-state index in [4.69, 9.17) is 5.11 Å². The van der Waals surface area contributed by atoms with Gasteiger partial charge in [0.2, 0.25) is 5.13 Å². The molecule has 7 heteroatoms. The molecule has 1 N–H and O–H groups in total. The van der Waals surface area contributed by atoms with Gasteiger partial charge in [0.25, 0.3) is 0 Å². The van der Waals surface area contributed by atoms with Crippen LogP contribution in [0.2, 0.25) is 0 Å². The summed E-state index contributed by atoms with van der Waals surface area (Å²) in [7, 11) is 0. The SMILES string of the molecule is Cc1nsc(N2CCSCC2C(=O)O)n1. The first-order chi connectivity index (χ1) is 7.18. The van der Waals surface area contributed by atoms with Gasteiger partial charge in [-0.15, -0.1) is 0 Å². The molecule has 2 heterocycles. The molecule has 0 radical (unpaired) electrons. The first-order valence-electron chi connectivity index (χ1n) is 4.56. The fraction of sp³-hybridized carbons (Fsp3) is 0.625. The van der Waals surface area contributed by atoms with Gasteiger partial charge in [-0.2, -0.15) is 16.1 Å². The summed E-state index contributed by atoms with van der Waals surface area (Å²) in [4.78, 5) is 17.1. The van der Waals surface area contributed by atoms with Gasteiger partial charge >= 0.3 is 5.97 Å². The third-order valence-electron chi connectivity index (χ3n) is 2.18. The van der Waals surface area contributed by atoms with Crippen LogP contribution < -0.4 is 4.90 Å². The van der Waals surface area contributed by atoms with Crippen LogP contribution in [0, 0.1) is 6.92 Å². The first-order valence-corrected chi connectivity index (χ1v) is 6.49. The van der Waals surface area contributed by atoms with Gasteiger partial charge in [0.15, 0.2) is 0 Å². The number of nitrogens with zero attached hydrogens (tertiary/aromatic N) is 3. The van der Waals surface area contributed by atoms with Crippen LogP contribution in [0.3, 0.4) is 0 Å². The summed E-state index contributed by atoms with van der Waals surface area (Å²) in [6, 6.07) is -0.462. The number of carboxylic acids is 1. The fourth-order valence-corrected chi connectivity index (χ4v) is 3.23. The van der Waals surface area contributed by atoms with E-state index in [2.05, 4.69) is 9.36 Å². The lowest BCUT2D eigenvalue weighted by atomic mass is 10.3. The Morgan fingerprint density at radius 1 is 1.67 bits per heavy atom. The van der Waals surface area contributed by atoms with E-state index in [9.17, 15) is 4.79 Å². The molecule has 1 atom stereocenters. The zero-order valence-corrected chi connectivity index (χ0v) is 9.85. The van der Waals surface area contributed by atoms with Gasteiger partial charge in [-0.05, 0) is 6.92 Å². The molecular formula is C8H11N3O2S2. The molecule has 5 nitrogen and oxygen atoms in total. The number of thioether (sulfide) groups is 1.